The van der Waals surface area contributed by atoms with Gasteiger partial charge in [0, 0.05) is 12.6 Å². The summed E-state index contributed by atoms with van der Waals surface area (Å²) in [4.78, 5) is 10.4. The summed E-state index contributed by atoms with van der Waals surface area (Å²) < 4.78 is 6.14. The summed E-state index contributed by atoms with van der Waals surface area (Å²) in [7, 11) is 0. The molecule has 0 spiro atoms. The van der Waals surface area contributed by atoms with E-state index in [0.717, 1.165) is 25.1 Å². The molecule has 1 aromatic carbocycles. The van der Waals surface area contributed by atoms with E-state index in [2.05, 4.69) is 21.2 Å². The first-order valence-electron chi connectivity index (χ1n) is 5.88. The molecule has 0 radical (unpaired) electrons. The van der Waals surface area contributed by atoms with Crippen molar-refractivity contribution in [3.8, 4) is 0 Å². The fraction of sp³-hybridized carbons (Fsp3) is 0.500. The fourth-order valence-corrected chi connectivity index (χ4v) is 2.53. The summed E-state index contributed by atoms with van der Waals surface area (Å²) in [6.45, 7) is 3.14. The van der Waals surface area contributed by atoms with E-state index in [-0.39, 0.29) is 5.69 Å². The first-order chi connectivity index (χ1) is 8.68. The lowest BCUT2D eigenvalue weighted by atomic mass is 10.1. The van der Waals surface area contributed by atoms with E-state index in [4.69, 9.17) is 4.74 Å². The van der Waals surface area contributed by atoms with Crippen LogP contribution in [0.5, 0.6) is 0 Å². The Balaban J connectivity index is 1.92. The minimum Gasteiger partial charge on any atom is -0.376 e. The van der Waals surface area contributed by atoms with Gasteiger partial charge in [0.15, 0.2) is 0 Å². The van der Waals surface area contributed by atoms with Gasteiger partial charge in [0.05, 0.1) is 18.1 Å². The molecule has 0 saturated carbocycles. The topological polar surface area (TPSA) is 64.4 Å². The second-order valence-electron chi connectivity index (χ2n) is 4.38. The molecule has 0 aromatic heterocycles. The van der Waals surface area contributed by atoms with Crippen molar-refractivity contribution in [2.24, 2.45) is 5.92 Å². The van der Waals surface area contributed by atoms with Crippen molar-refractivity contribution in [1.82, 2.24) is 5.32 Å². The van der Waals surface area contributed by atoms with Gasteiger partial charge in [0.1, 0.15) is 4.47 Å². The average molecular weight is 315 g/mol. The Hall–Kier alpha value is -0.980. The van der Waals surface area contributed by atoms with Gasteiger partial charge in [0.25, 0.3) is 5.69 Å². The normalized spacial score (nSPS) is 19.1. The summed E-state index contributed by atoms with van der Waals surface area (Å²) in [5.74, 6) is 0.558. The Kier molecular flexibility index (Phi) is 4.68. The Morgan fingerprint density at radius 3 is 3.06 bits per heavy atom. The molecule has 1 aliphatic heterocycles. The number of nitro groups is 1. The van der Waals surface area contributed by atoms with E-state index in [1.54, 1.807) is 6.07 Å². The fourth-order valence-electron chi connectivity index (χ4n) is 2.01. The number of nitro benzene ring substituents is 1. The molecule has 1 heterocycles. The number of nitrogens with one attached hydrogen (secondary N) is 1. The summed E-state index contributed by atoms with van der Waals surface area (Å²) >= 11 is 3.26. The van der Waals surface area contributed by atoms with Crippen molar-refractivity contribution in [3.63, 3.8) is 0 Å². The highest BCUT2D eigenvalue weighted by atomic mass is 79.9. The Morgan fingerprint density at radius 1 is 1.56 bits per heavy atom. The summed E-state index contributed by atoms with van der Waals surface area (Å²) in [6.07, 6.45) is 1.14. The maximum Gasteiger partial charge on any atom is 0.283 e. The van der Waals surface area contributed by atoms with Crippen molar-refractivity contribution >= 4 is 21.6 Å². The molecule has 18 heavy (non-hydrogen) atoms. The molecule has 1 N–H and O–H groups in total. The molecule has 98 valence electrons. The van der Waals surface area contributed by atoms with Gasteiger partial charge < -0.3 is 10.1 Å². The lowest BCUT2D eigenvalue weighted by Gasteiger charge is -2.10. The predicted molar refractivity (Wildman–Crippen MR) is 71.4 cm³/mol. The summed E-state index contributed by atoms with van der Waals surface area (Å²) in [5, 5.41) is 14.1. The van der Waals surface area contributed by atoms with Crippen LogP contribution in [0.4, 0.5) is 5.69 Å². The Bertz CT molecular complexity index is 433. The molecule has 0 aliphatic carbocycles. The lowest BCUT2D eigenvalue weighted by molar-refractivity contribution is -0.385. The zero-order valence-electron chi connectivity index (χ0n) is 9.89. The Morgan fingerprint density at radius 2 is 2.39 bits per heavy atom. The molecule has 1 saturated heterocycles. The van der Waals surface area contributed by atoms with Crippen LogP contribution in [0.25, 0.3) is 0 Å². The van der Waals surface area contributed by atoms with Crippen LogP contribution in [0, 0.1) is 16.0 Å². The maximum absolute atomic E-state index is 10.8. The second kappa shape index (κ2) is 6.26. The van der Waals surface area contributed by atoms with Crippen molar-refractivity contribution in [2.75, 3.05) is 19.7 Å². The number of rotatable bonds is 5. The average Bonchev–Trinajstić information content (AvgIpc) is 2.84. The molecule has 1 aromatic rings. The van der Waals surface area contributed by atoms with Gasteiger partial charge in [-0.2, -0.15) is 0 Å². The number of hydrogen-bond donors (Lipinski definition) is 1. The van der Waals surface area contributed by atoms with Crippen LogP contribution < -0.4 is 5.32 Å². The zero-order chi connectivity index (χ0) is 13.0. The first kappa shape index (κ1) is 13.5. The van der Waals surface area contributed by atoms with E-state index in [9.17, 15) is 10.1 Å². The van der Waals surface area contributed by atoms with Crippen molar-refractivity contribution in [2.45, 2.75) is 13.0 Å². The van der Waals surface area contributed by atoms with E-state index in [0.29, 0.717) is 23.6 Å². The minimum absolute atomic E-state index is 0.0821. The third kappa shape index (κ3) is 3.28. The minimum atomic E-state index is -0.394. The molecule has 5 nitrogen and oxygen atoms in total. The van der Waals surface area contributed by atoms with Crippen molar-refractivity contribution in [3.05, 3.63) is 38.3 Å². The monoisotopic (exact) mass is 314 g/mol. The molecule has 1 aliphatic rings. The third-order valence-electron chi connectivity index (χ3n) is 3.03. The van der Waals surface area contributed by atoms with Crippen LogP contribution in [0.15, 0.2) is 22.7 Å². The standard InChI is InChI=1S/C12H15BrN2O3/c13-12-10(2-1-3-11(12)15(16)17)8-18-7-9-4-5-14-6-9/h1-3,9,14H,4-8H2. The molecular weight excluding hydrogens is 300 g/mol. The van der Waals surface area contributed by atoms with Crippen LogP contribution in [0.3, 0.4) is 0 Å². The summed E-state index contributed by atoms with van der Waals surface area (Å²) in [5.41, 5.74) is 0.897. The SMILES string of the molecule is O=[N+]([O-])c1cccc(COCC2CCNC2)c1Br. The molecular formula is C12H15BrN2O3. The van der Waals surface area contributed by atoms with Crippen LogP contribution in [0.2, 0.25) is 0 Å². The Labute approximate surface area is 114 Å². The molecule has 6 heteroatoms. The van der Waals surface area contributed by atoms with Crippen LogP contribution >= 0.6 is 15.9 Å². The van der Waals surface area contributed by atoms with Gasteiger partial charge in [-0.05, 0) is 40.4 Å². The first-order valence-corrected chi connectivity index (χ1v) is 6.68. The molecule has 1 atom stereocenters. The van der Waals surface area contributed by atoms with E-state index >= 15 is 0 Å². The van der Waals surface area contributed by atoms with Gasteiger partial charge in [-0.25, -0.2) is 0 Å². The largest absolute Gasteiger partial charge is 0.376 e. The van der Waals surface area contributed by atoms with Gasteiger partial charge in [-0.1, -0.05) is 12.1 Å². The molecule has 2 rings (SSSR count). The van der Waals surface area contributed by atoms with Crippen LogP contribution in [-0.2, 0) is 11.3 Å². The quantitative estimate of drug-likeness (QED) is 0.670. The van der Waals surface area contributed by atoms with Crippen LogP contribution in [-0.4, -0.2) is 24.6 Å². The highest BCUT2D eigenvalue weighted by molar-refractivity contribution is 9.10. The van der Waals surface area contributed by atoms with Crippen molar-refractivity contribution < 1.29 is 9.66 Å². The molecule has 1 unspecified atom stereocenters. The third-order valence-corrected chi connectivity index (χ3v) is 3.94. The van der Waals surface area contributed by atoms with Gasteiger partial charge in [-0.3, -0.25) is 10.1 Å². The second-order valence-corrected chi connectivity index (χ2v) is 5.17. The highest BCUT2D eigenvalue weighted by Crippen LogP contribution is 2.28. The van der Waals surface area contributed by atoms with Gasteiger partial charge in [0.2, 0.25) is 0 Å². The number of ether oxygens (including phenoxy) is 1. The molecule has 0 amide bonds. The number of benzene rings is 1. The number of nitrogens with zero attached hydrogens (tertiary/aromatic N) is 1. The smallest absolute Gasteiger partial charge is 0.283 e. The van der Waals surface area contributed by atoms with Gasteiger partial charge >= 0.3 is 0 Å². The maximum atomic E-state index is 10.8. The van der Waals surface area contributed by atoms with Crippen LogP contribution in [0.1, 0.15) is 12.0 Å². The predicted octanol–water partition coefficient (Wildman–Crippen LogP) is 2.48. The van der Waals surface area contributed by atoms with Crippen molar-refractivity contribution in [1.29, 1.82) is 0 Å². The van der Waals surface area contributed by atoms with E-state index in [1.165, 1.54) is 6.07 Å². The molecule has 1 fully saturated rings. The highest BCUT2D eigenvalue weighted by Gasteiger charge is 2.17. The summed E-state index contributed by atoms with van der Waals surface area (Å²) in [6, 6.07) is 5.00. The van der Waals surface area contributed by atoms with E-state index < -0.39 is 4.92 Å². The number of hydrogen-bond acceptors (Lipinski definition) is 4. The number of halogens is 1. The molecule has 0 bridgehead atoms. The zero-order valence-corrected chi connectivity index (χ0v) is 11.5. The lowest BCUT2D eigenvalue weighted by Crippen LogP contribution is -2.13. The van der Waals surface area contributed by atoms with E-state index in [1.807, 2.05) is 6.07 Å². The van der Waals surface area contributed by atoms with Gasteiger partial charge in [-0.15, -0.1) is 0 Å².